The van der Waals surface area contributed by atoms with Crippen molar-refractivity contribution in [2.24, 2.45) is 0 Å². The molecule has 0 radical (unpaired) electrons. The molecule has 0 bridgehead atoms. The third-order valence-corrected chi connectivity index (χ3v) is 3.84. The van der Waals surface area contributed by atoms with Crippen LogP contribution in [0.1, 0.15) is 30.2 Å². The molecular weight excluding hydrogens is 250 g/mol. The fraction of sp³-hybridized carbons (Fsp3) is 0.500. The zero-order valence-electron chi connectivity index (χ0n) is 10.4. The van der Waals surface area contributed by atoms with E-state index in [1.165, 1.54) is 0 Å². The van der Waals surface area contributed by atoms with Crippen molar-refractivity contribution >= 4 is 17.5 Å². The first-order valence-corrected chi connectivity index (χ1v) is 6.66. The highest BCUT2D eigenvalue weighted by atomic mass is 35.5. The van der Waals surface area contributed by atoms with Crippen molar-refractivity contribution in [3.8, 4) is 0 Å². The highest BCUT2D eigenvalue weighted by Crippen LogP contribution is 2.24. The quantitative estimate of drug-likeness (QED) is 0.852. The number of methoxy groups -OCH3 is 1. The normalized spacial score (nSPS) is 24.8. The van der Waals surface area contributed by atoms with Gasteiger partial charge in [0.1, 0.15) is 5.38 Å². The van der Waals surface area contributed by atoms with E-state index in [1.54, 1.807) is 7.11 Å². The Bertz CT molecular complexity index is 396. The highest BCUT2D eigenvalue weighted by molar-refractivity contribution is 6.30. The lowest BCUT2D eigenvalue weighted by atomic mass is 10.1. The summed E-state index contributed by atoms with van der Waals surface area (Å²) in [6.45, 7) is 0. The Morgan fingerprint density at radius 3 is 2.72 bits per heavy atom. The van der Waals surface area contributed by atoms with E-state index in [0.717, 1.165) is 24.8 Å². The fourth-order valence-corrected chi connectivity index (χ4v) is 2.54. The van der Waals surface area contributed by atoms with Gasteiger partial charge in [0.2, 0.25) is 5.91 Å². The molecule has 1 amide bonds. The molecule has 0 heterocycles. The molecule has 3 unspecified atom stereocenters. The van der Waals surface area contributed by atoms with Crippen molar-refractivity contribution in [1.29, 1.82) is 0 Å². The number of rotatable bonds is 4. The average molecular weight is 268 g/mol. The van der Waals surface area contributed by atoms with Gasteiger partial charge in [-0.3, -0.25) is 4.79 Å². The van der Waals surface area contributed by atoms with Gasteiger partial charge in [-0.25, -0.2) is 0 Å². The van der Waals surface area contributed by atoms with Gasteiger partial charge in [0.25, 0.3) is 0 Å². The van der Waals surface area contributed by atoms with Crippen molar-refractivity contribution in [2.45, 2.75) is 36.8 Å². The van der Waals surface area contributed by atoms with Crippen molar-refractivity contribution in [1.82, 2.24) is 5.32 Å². The van der Waals surface area contributed by atoms with Gasteiger partial charge in [-0.05, 0) is 24.8 Å². The molecule has 1 aliphatic rings. The topological polar surface area (TPSA) is 38.3 Å². The summed E-state index contributed by atoms with van der Waals surface area (Å²) >= 11 is 6.16. The Labute approximate surface area is 112 Å². The summed E-state index contributed by atoms with van der Waals surface area (Å²) < 4.78 is 5.28. The van der Waals surface area contributed by atoms with Crippen LogP contribution in [0.4, 0.5) is 0 Å². The van der Waals surface area contributed by atoms with Crippen LogP contribution in [0.15, 0.2) is 30.3 Å². The van der Waals surface area contributed by atoms with Crippen LogP contribution in [-0.4, -0.2) is 25.2 Å². The van der Waals surface area contributed by atoms with Crippen molar-refractivity contribution in [3.05, 3.63) is 35.9 Å². The first-order chi connectivity index (χ1) is 8.70. The van der Waals surface area contributed by atoms with Gasteiger partial charge in [-0.15, -0.1) is 11.6 Å². The van der Waals surface area contributed by atoms with Crippen LogP contribution in [-0.2, 0) is 9.53 Å². The summed E-state index contributed by atoms with van der Waals surface area (Å²) in [6.07, 6.45) is 3.10. The predicted octanol–water partition coefficient (Wildman–Crippen LogP) is 2.65. The molecule has 98 valence electrons. The third-order valence-electron chi connectivity index (χ3n) is 3.39. The molecule has 1 aromatic carbocycles. The lowest BCUT2D eigenvalue weighted by Gasteiger charge is -2.16. The minimum atomic E-state index is -0.618. The molecule has 18 heavy (non-hydrogen) atoms. The van der Waals surface area contributed by atoms with Crippen LogP contribution in [0.5, 0.6) is 0 Å². The summed E-state index contributed by atoms with van der Waals surface area (Å²) in [6, 6.07) is 9.59. The number of hydrogen-bond acceptors (Lipinski definition) is 2. The van der Waals surface area contributed by atoms with E-state index in [9.17, 15) is 4.79 Å². The molecule has 1 fully saturated rings. The first-order valence-electron chi connectivity index (χ1n) is 6.23. The molecule has 1 aliphatic carbocycles. The van der Waals surface area contributed by atoms with E-state index in [4.69, 9.17) is 16.3 Å². The summed E-state index contributed by atoms with van der Waals surface area (Å²) in [5.41, 5.74) is 0.831. The molecule has 3 atom stereocenters. The maximum absolute atomic E-state index is 12.0. The zero-order valence-corrected chi connectivity index (χ0v) is 11.2. The molecule has 1 N–H and O–H groups in total. The van der Waals surface area contributed by atoms with Crippen molar-refractivity contribution in [3.63, 3.8) is 0 Å². The monoisotopic (exact) mass is 267 g/mol. The van der Waals surface area contributed by atoms with Gasteiger partial charge < -0.3 is 10.1 Å². The number of ether oxygens (including phenoxy) is 1. The Balaban J connectivity index is 1.89. The second-order valence-electron chi connectivity index (χ2n) is 4.65. The Hall–Kier alpha value is -1.06. The van der Waals surface area contributed by atoms with E-state index in [2.05, 4.69) is 5.32 Å². The van der Waals surface area contributed by atoms with E-state index < -0.39 is 5.38 Å². The number of amides is 1. The zero-order chi connectivity index (χ0) is 13.0. The fourth-order valence-electron chi connectivity index (χ4n) is 2.33. The van der Waals surface area contributed by atoms with Crippen LogP contribution in [0, 0.1) is 0 Å². The minimum Gasteiger partial charge on any atom is -0.381 e. The molecule has 1 saturated carbocycles. The molecule has 0 aromatic heterocycles. The number of nitrogens with one attached hydrogen (secondary N) is 1. The smallest absolute Gasteiger partial charge is 0.242 e. The van der Waals surface area contributed by atoms with Gasteiger partial charge in [-0.1, -0.05) is 30.3 Å². The standard InChI is InChI=1S/C14H18ClNO2/c1-18-12-8-7-11(9-12)16-14(17)13(15)10-5-3-2-4-6-10/h2-6,11-13H,7-9H2,1H3,(H,16,17). The van der Waals surface area contributed by atoms with E-state index in [0.29, 0.717) is 0 Å². The average Bonchev–Trinajstić information content (AvgIpc) is 2.86. The summed E-state index contributed by atoms with van der Waals surface area (Å²) in [7, 11) is 1.71. The molecule has 0 aliphatic heterocycles. The lowest BCUT2D eigenvalue weighted by Crippen LogP contribution is -2.35. The second-order valence-corrected chi connectivity index (χ2v) is 5.09. The van der Waals surface area contributed by atoms with Gasteiger partial charge in [0.15, 0.2) is 0 Å². The van der Waals surface area contributed by atoms with Crippen LogP contribution in [0.2, 0.25) is 0 Å². The first kappa shape index (κ1) is 13.4. The highest BCUT2D eigenvalue weighted by Gasteiger charge is 2.27. The molecule has 0 spiro atoms. The second kappa shape index (κ2) is 6.21. The molecular formula is C14H18ClNO2. The summed E-state index contributed by atoms with van der Waals surface area (Å²) in [4.78, 5) is 12.0. The third kappa shape index (κ3) is 3.24. The van der Waals surface area contributed by atoms with Gasteiger partial charge in [0.05, 0.1) is 6.10 Å². The van der Waals surface area contributed by atoms with Gasteiger partial charge >= 0.3 is 0 Å². The molecule has 3 nitrogen and oxygen atoms in total. The Kier molecular flexibility index (Phi) is 4.61. The molecule has 4 heteroatoms. The number of halogens is 1. The number of carbonyl (C=O) groups excluding carboxylic acids is 1. The van der Waals surface area contributed by atoms with Crippen molar-refractivity contribution < 1.29 is 9.53 Å². The lowest BCUT2D eigenvalue weighted by molar-refractivity contribution is -0.121. The summed E-state index contributed by atoms with van der Waals surface area (Å²) in [5, 5.41) is 2.37. The van der Waals surface area contributed by atoms with E-state index >= 15 is 0 Å². The molecule has 2 rings (SSSR count). The molecule has 1 aromatic rings. The maximum atomic E-state index is 12.0. The molecule has 0 saturated heterocycles. The Morgan fingerprint density at radius 1 is 1.39 bits per heavy atom. The van der Waals surface area contributed by atoms with E-state index in [-0.39, 0.29) is 18.1 Å². The predicted molar refractivity (Wildman–Crippen MR) is 71.6 cm³/mol. The van der Waals surface area contributed by atoms with Crippen LogP contribution < -0.4 is 5.32 Å². The minimum absolute atomic E-state index is 0.121. The number of carbonyl (C=O) groups is 1. The Morgan fingerprint density at radius 2 is 2.11 bits per heavy atom. The number of alkyl halides is 1. The van der Waals surface area contributed by atoms with Gasteiger partial charge in [0, 0.05) is 13.2 Å². The maximum Gasteiger partial charge on any atom is 0.242 e. The SMILES string of the molecule is COC1CCC(NC(=O)C(Cl)c2ccccc2)C1. The van der Waals surface area contributed by atoms with Crippen molar-refractivity contribution in [2.75, 3.05) is 7.11 Å². The number of benzene rings is 1. The van der Waals surface area contributed by atoms with Crippen LogP contribution >= 0.6 is 11.6 Å². The van der Waals surface area contributed by atoms with Crippen LogP contribution in [0.25, 0.3) is 0 Å². The largest absolute Gasteiger partial charge is 0.381 e. The van der Waals surface area contributed by atoms with Gasteiger partial charge in [-0.2, -0.15) is 0 Å². The number of hydrogen-bond donors (Lipinski definition) is 1. The summed E-state index contributed by atoms with van der Waals surface area (Å²) in [5.74, 6) is -0.121. The van der Waals surface area contributed by atoms with E-state index in [1.807, 2.05) is 30.3 Å². The van der Waals surface area contributed by atoms with Crippen LogP contribution in [0.3, 0.4) is 0 Å².